The summed E-state index contributed by atoms with van der Waals surface area (Å²) in [6, 6.07) is 11.7. The Balaban J connectivity index is 2.18. The van der Waals surface area contributed by atoms with E-state index in [2.05, 4.69) is 25.9 Å². The second-order valence-electron chi connectivity index (χ2n) is 3.37. The summed E-state index contributed by atoms with van der Waals surface area (Å²) in [4.78, 5) is 8.66. The molecule has 0 unspecified atom stereocenters. The van der Waals surface area contributed by atoms with E-state index in [4.69, 9.17) is 4.42 Å². The van der Waals surface area contributed by atoms with E-state index in [1.54, 1.807) is 6.20 Å². The molecule has 2 heterocycles. The lowest BCUT2D eigenvalue weighted by atomic mass is 10.2. The summed E-state index contributed by atoms with van der Waals surface area (Å²) in [5.74, 6) is 0.676. The molecule has 0 saturated heterocycles. The fraction of sp³-hybridized carbons (Fsp3) is 0. The van der Waals surface area contributed by atoms with Crippen LogP contribution in [0.25, 0.3) is 22.5 Å². The zero-order valence-electron chi connectivity index (χ0n) is 8.22. The first-order chi connectivity index (χ1) is 7.83. The molecule has 0 aliphatic carbocycles. The Kier molecular flexibility index (Phi) is 2.22. The molecule has 16 heavy (non-hydrogen) atoms. The topological polar surface area (TPSA) is 38.9 Å². The number of benzene rings is 1. The van der Waals surface area contributed by atoms with Gasteiger partial charge in [-0.2, -0.15) is 4.98 Å². The van der Waals surface area contributed by atoms with Crippen LogP contribution in [0.5, 0.6) is 0 Å². The van der Waals surface area contributed by atoms with Crippen molar-refractivity contribution in [2.24, 2.45) is 0 Å². The lowest BCUT2D eigenvalue weighted by molar-refractivity contribution is 0.575. The van der Waals surface area contributed by atoms with Gasteiger partial charge in [0.15, 0.2) is 10.5 Å². The molecular weight excluding hydrogens is 268 g/mol. The number of furan rings is 1. The Morgan fingerprint density at radius 3 is 2.75 bits per heavy atom. The van der Waals surface area contributed by atoms with Crippen molar-refractivity contribution >= 4 is 27.0 Å². The van der Waals surface area contributed by atoms with E-state index < -0.39 is 0 Å². The predicted octanol–water partition coefficient (Wildman–Crippen LogP) is 3.65. The van der Waals surface area contributed by atoms with E-state index >= 15 is 0 Å². The van der Waals surface area contributed by atoms with Gasteiger partial charge in [0.2, 0.25) is 5.71 Å². The summed E-state index contributed by atoms with van der Waals surface area (Å²) in [7, 11) is 0. The molecule has 1 aromatic carbocycles. The van der Waals surface area contributed by atoms with E-state index in [-0.39, 0.29) is 0 Å². The molecule has 0 amide bonds. The minimum atomic E-state index is 0.598. The Morgan fingerprint density at radius 2 is 1.94 bits per heavy atom. The molecule has 0 aliphatic rings. The molecule has 3 nitrogen and oxygen atoms in total. The van der Waals surface area contributed by atoms with Crippen molar-refractivity contribution in [3.8, 4) is 11.4 Å². The number of fused-ring (bicyclic) bond motifs is 1. The zero-order valence-corrected chi connectivity index (χ0v) is 9.81. The van der Waals surface area contributed by atoms with Gasteiger partial charge in [-0.1, -0.05) is 30.3 Å². The first kappa shape index (κ1) is 9.54. The quantitative estimate of drug-likeness (QED) is 0.680. The maximum absolute atomic E-state index is 5.40. The standard InChI is InChI=1S/C12H7BrN2O/c13-10-6-9-7-14-11(15-12(9)16-10)8-4-2-1-3-5-8/h1-7H. The van der Waals surface area contributed by atoms with Gasteiger partial charge in [0.1, 0.15) is 0 Å². The maximum Gasteiger partial charge on any atom is 0.231 e. The molecule has 0 radical (unpaired) electrons. The van der Waals surface area contributed by atoms with Gasteiger partial charge in [-0.25, -0.2) is 4.98 Å². The zero-order chi connectivity index (χ0) is 11.0. The minimum absolute atomic E-state index is 0.598. The SMILES string of the molecule is Brc1cc2cnc(-c3ccccc3)nc2o1. The minimum Gasteiger partial charge on any atom is -0.431 e. The molecule has 78 valence electrons. The monoisotopic (exact) mass is 274 g/mol. The first-order valence-corrected chi connectivity index (χ1v) is 5.60. The maximum atomic E-state index is 5.40. The fourth-order valence-electron chi connectivity index (χ4n) is 1.53. The van der Waals surface area contributed by atoms with Crippen molar-refractivity contribution in [2.45, 2.75) is 0 Å². The number of hydrogen-bond acceptors (Lipinski definition) is 3. The molecule has 0 fully saturated rings. The van der Waals surface area contributed by atoms with Crippen molar-refractivity contribution in [1.29, 1.82) is 0 Å². The van der Waals surface area contributed by atoms with Gasteiger partial charge in [-0.3, -0.25) is 0 Å². The molecule has 0 aliphatic heterocycles. The first-order valence-electron chi connectivity index (χ1n) is 4.80. The molecule has 3 rings (SSSR count). The molecule has 2 aromatic heterocycles. The average molecular weight is 275 g/mol. The molecule has 4 heteroatoms. The molecule has 0 spiro atoms. The predicted molar refractivity (Wildman–Crippen MR) is 64.9 cm³/mol. The number of rotatable bonds is 1. The molecule has 3 aromatic rings. The van der Waals surface area contributed by atoms with Crippen LogP contribution in [0.4, 0.5) is 0 Å². The number of halogens is 1. The summed E-state index contributed by atoms with van der Waals surface area (Å²) in [5.41, 5.74) is 1.58. The summed E-state index contributed by atoms with van der Waals surface area (Å²) >= 11 is 3.27. The largest absolute Gasteiger partial charge is 0.431 e. The summed E-state index contributed by atoms with van der Waals surface area (Å²) < 4.78 is 6.06. The summed E-state index contributed by atoms with van der Waals surface area (Å²) in [5, 5.41) is 0.895. The van der Waals surface area contributed by atoms with Crippen molar-refractivity contribution < 1.29 is 4.42 Å². The van der Waals surface area contributed by atoms with Crippen LogP contribution >= 0.6 is 15.9 Å². The van der Waals surface area contributed by atoms with Crippen molar-refractivity contribution in [1.82, 2.24) is 9.97 Å². The normalized spacial score (nSPS) is 10.8. The van der Waals surface area contributed by atoms with Crippen LogP contribution in [0.2, 0.25) is 0 Å². The van der Waals surface area contributed by atoms with Gasteiger partial charge < -0.3 is 4.42 Å². The molecule has 0 atom stereocenters. The van der Waals surface area contributed by atoms with Gasteiger partial charge in [-0.05, 0) is 15.9 Å². The van der Waals surface area contributed by atoms with Crippen LogP contribution in [0.1, 0.15) is 0 Å². The summed E-state index contributed by atoms with van der Waals surface area (Å²) in [6.45, 7) is 0. The fourth-order valence-corrected chi connectivity index (χ4v) is 1.93. The van der Waals surface area contributed by atoms with Crippen molar-refractivity contribution in [3.05, 3.63) is 47.3 Å². The van der Waals surface area contributed by atoms with Gasteiger partial charge >= 0.3 is 0 Å². The number of nitrogens with zero attached hydrogens (tertiary/aromatic N) is 2. The van der Waals surface area contributed by atoms with Crippen LogP contribution in [-0.2, 0) is 0 Å². The van der Waals surface area contributed by atoms with Gasteiger partial charge in [0, 0.05) is 17.8 Å². The van der Waals surface area contributed by atoms with Crippen LogP contribution in [0, 0.1) is 0 Å². The van der Waals surface area contributed by atoms with Gasteiger partial charge in [0.25, 0.3) is 0 Å². The van der Waals surface area contributed by atoms with Crippen molar-refractivity contribution in [3.63, 3.8) is 0 Å². The van der Waals surface area contributed by atoms with Crippen LogP contribution < -0.4 is 0 Å². The van der Waals surface area contributed by atoms with E-state index in [0.29, 0.717) is 16.2 Å². The Bertz CT molecular complexity index is 634. The highest BCUT2D eigenvalue weighted by Crippen LogP contribution is 2.23. The molecule has 0 bridgehead atoms. The van der Waals surface area contributed by atoms with E-state index in [1.165, 1.54) is 0 Å². The second kappa shape index (κ2) is 3.72. The summed E-state index contributed by atoms with van der Waals surface area (Å²) in [6.07, 6.45) is 1.76. The van der Waals surface area contributed by atoms with Crippen molar-refractivity contribution in [2.75, 3.05) is 0 Å². The Morgan fingerprint density at radius 1 is 1.12 bits per heavy atom. The molecule has 0 N–H and O–H groups in total. The van der Waals surface area contributed by atoms with E-state index in [1.807, 2.05) is 36.4 Å². The van der Waals surface area contributed by atoms with Crippen LogP contribution in [0.3, 0.4) is 0 Å². The third-order valence-corrected chi connectivity index (χ3v) is 2.67. The molecule has 0 saturated carbocycles. The Labute approximate surface area is 100 Å². The highest BCUT2D eigenvalue weighted by atomic mass is 79.9. The lowest BCUT2D eigenvalue weighted by Gasteiger charge is -1.97. The Hall–Kier alpha value is -1.68. The van der Waals surface area contributed by atoms with Crippen LogP contribution in [-0.4, -0.2) is 9.97 Å². The van der Waals surface area contributed by atoms with E-state index in [9.17, 15) is 0 Å². The third kappa shape index (κ3) is 1.61. The second-order valence-corrected chi connectivity index (χ2v) is 4.15. The molecular formula is C12H7BrN2O. The smallest absolute Gasteiger partial charge is 0.231 e. The average Bonchev–Trinajstić information content (AvgIpc) is 2.69. The lowest BCUT2D eigenvalue weighted by Crippen LogP contribution is -1.87. The van der Waals surface area contributed by atoms with Gasteiger partial charge in [0.05, 0.1) is 5.39 Å². The van der Waals surface area contributed by atoms with Gasteiger partial charge in [-0.15, -0.1) is 0 Å². The third-order valence-electron chi connectivity index (χ3n) is 2.28. The van der Waals surface area contributed by atoms with E-state index in [0.717, 1.165) is 10.9 Å². The number of aromatic nitrogens is 2. The highest BCUT2D eigenvalue weighted by molar-refractivity contribution is 9.10. The highest BCUT2D eigenvalue weighted by Gasteiger charge is 2.06. The number of hydrogen-bond donors (Lipinski definition) is 0. The van der Waals surface area contributed by atoms with Crippen LogP contribution in [0.15, 0.2) is 51.7 Å².